The first-order chi connectivity index (χ1) is 42.8. The molecule has 91 heavy (non-hydrogen) atoms. The number of phenolic OH excluding ortho intramolecular Hbond substituents is 1. The largest absolute Gasteiger partial charge is 0.508 e. The molecule has 24 heteroatoms. The molecule has 0 spiro atoms. The highest BCUT2D eigenvalue weighted by Crippen LogP contribution is 2.42. The van der Waals surface area contributed by atoms with Crippen LogP contribution >= 0.6 is 0 Å². The molecule has 2 aliphatic rings. The van der Waals surface area contributed by atoms with Gasteiger partial charge in [-0.1, -0.05) is 61.5 Å². The van der Waals surface area contributed by atoms with E-state index in [0.717, 1.165) is 0 Å². The molecule has 24 nitrogen and oxygen atoms in total. The van der Waals surface area contributed by atoms with E-state index >= 15 is 0 Å². The lowest BCUT2D eigenvalue weighted by atomic mass is 9.85. The number of benzene rings is 3. The minimum Gasteiger partial charge on any atom is -0.508 e. The maximum absolute atomic E-state index is 13.9. The lowest BCUT2D eigenvalue weighted by Crippen LogP contribution is -2.48. The summed E-state index contributed by atoms with van der Waals surface area (Å²) in [5.74, 6) is -12.1. The summed E-state index contributed by atoms with van der Waals surface area (Å²) in [7, 11) is 0. The fraction of sp³-hybridized carbons (Fsp3) is 0.537. The van der Waals surface area contributed by atoms with Crippen molar-refractivity contribution >= 4 is 81.5 Å². The Kier molecular flexibility index (Phi) is 29.3. The van der Waals surface area contributed by atoms with E-state index in [0.29, 0.717) is 55.2 Å². The van der Waals surface area contributed by atoms with Crippen LogP contribution in [0.3, 0.4) is 0 Å². The molecular formula is C67H91N7O17. The van der Waals surface area contributed by atoms with Gasteiger partial charge in [0.15, 0.2) is 22.8 Å². The number of phenols is 1. The lowest BCUT2D eigenvalue weighted by Gasteiger charge is -2.25. The maximum atomic E-state index is 13.9. The number of nitrogens with one attached hydrogen (secondary N) is 5. The first kappa shape index (κ1) is 74.8. The average molecular weight is 1270 g/mol. The van der Waals surface area contributed by atoms with E-state index < -0.39 is 125 Å². The predicted octanol–water partition coefficient (Wildman–Crippen LogP) is 6.40. The van der Waals surface area contributed by atoms with Crippen molar-refractivity contribution in [2.24, 2.45) is 52.9 Å². The van der Waals surface area contributed by atoms with Gasteiger partial charge >= 0.3 is 11.9 Å². The second-order valence-electron chi connectivity index (χ2n) is 24.9. The third kappa shape index (κ3) is 23.3. The monoisotopic (exact) mass is 1270 g/mol. The van der Waals surface area contributed by atoms with Crippen molar-refractivity contribution in [2.75, 3.05) is 13.1 Å². The summed E-state index contributed by atoms with van der Waals surface area (Å²) in [6.45, 7) is 15.8. The van der Waals surface area contributed by atoms with E-state index in [2.05, 4.69) is 26.6 Å². The van der Waals surface area contributed by atoms with Crippen LogP contribution in [0.2, 0.25) is 0 Å². The van der Waals surface area contributed by atoms with Crippen LogP contribution in [0.25, 0.3) is 33.4 Å². The van der Waals surface area contributed by atoms with Gasteiger partial charge < -0.3 is 57.8 Å². The molecule has 0 bridgehead atoms. The van der Waals surface area contributed by atoms with Crippen molar-refractivity contribution in [2.45, 2.75) is 176 Å². The van der Waals surface area contributed by atoms with Crippen LogP contribution in [0, 0.1) is 41.4 Å². The molecule has 1 aliphatic heterocycles. The van der Waals surface area contributed by atoms with Gasteiger partial charge in [0.1, 0.15) is 28.9 Å². The number of rotatable bonds is 40. The van der Waals surface area contributed by atoms with Gasteiger partial charge in [0.05, 0.1) is 23.7 Å². The topological polar surface area (TPSA) is 408 Å². The maximum Gasteiger partial charge on any atom is 0.336 e. The van der Waals surface area contributed by atoms with Gasteiger partial charge in [-0.05, 0) is 125 Å². The van der Waals surface area contributed by atoms with E-state index in [-0.39, 0.29) is 114 Å². The number of aliphatic carboxylic acids is 1. The Morgan fingerprint density at radius 2 is 1.10 bits per heavy atom. The molecule has 496 valence electrons. The number of primary amides is 1. The van der Waals surface area contributed by atoms with Crippen molar-refractivity contribution in [3.63, 3.8) is 0 Å². The van der Waals surface area contributed by atoms with Crippen molar-refractivity contribution in [1.29, 1.82) is 0 Å². The number of Topliss-reactive ketones (excluding diaryl/α,β-unsaturated/α-hetero) is 4. The van der Waals surface area contributed by atoms with E-state index in [9.17, 15) is 77.6 Å². The highest BCUT2D eigenvalue weighted by atomic mass is 16.4. The normalized spacial score (nSPS) is 14.4. The molecular weight excluding hydrogens is 1170 g/mol. The first-order valence-electron chi connectivity index (χ1n) is 31.2. The molecule has 0 unspecified atom stereocenters. The summed E-state index contributed by atoms with van der Waals surface area (Å²) in [4.78, 5) is 170. The van der Waals surface area contributed by atoms with Crippen LogP contribution < -0.4 is 43.5 Å². The number of amides is 6. The molecule has 12 N–H and O–H groups in total. The van der Waals surface area contributed by atoms with Gasteiger partial charge in [0, 0.05) is 102 Å². The molecule has 6 amide bonds. The van der Waals surface area contributed by atoms with E-state index in [4.69, 9.17) is 15.9 Å². The number of hydrogen-bond donors (Lipinski definition) is 10. The number of hydrogen-bond acceptors (Lipinski definition) is 16. The number of carboxylic acid groups (broad SMARTS) is 2. The molecule has 0 aromatic heterocycles. The zero-order chi connectivity index (χ0) is 68.0. The lowest BCUT2D eigenvalue weighted by molar-refractivity contribution is -0.138. The van der Waals surface area contributed by atoms with Gasteiger partial charge in [-0.15, -0.1) is 0 Å². The van der Waals surface area contributed by atoms with Gasteiger partial charge in [0.25, 0.3) is 5.91 Å². The quantitative estimate of drug-likeness (QED) is 0.0170. The second kappa shape index (κ2) is 35.7. The third-order valence-corrected chi connectivity index (χ3v) is 16.0. The number of aromatic hydroxyl groups is 1. The van der Waals surface area contributed by atoms with Gasteiger partial charge in [-0.3, -0.25) is 57.5 Å². The molecule has 2 aromatic carbocycles. The van der Waals surface area contributed by atoms with E-state index in [1.165, 1.54) is 76.2 Å². The van der Waals surface area contributed by atoms with Gasteiger partial charge in [0.2, 0.25) is 29.5 Å². The Labute approximate surface area is 529 Å². The molecule has 4 rings (SSSR count). The molecule has 0 radical (unpaired) electrons. The molecule has 9 atom stereocenters. The Morgan fingerprint density at radius 3 is 1.68 bits per heavy atom. The average Bonchev–Trinajstić information content (AvgIpc) is 0.752. The number of carboxylic acids is 2. The number of fused-ring (bicyclic) bond motifs is 2. The number of carbonyl (C=O) groups excluding carboxylic acids is 10. The van der Waals surface area contributed by atoms with Crippen molar-refractivity contribution < 1.29 is 77.3 Å². The molecule has 1 heterocycles. The SMILES string of the molecule is CC(C)C[C@H](CC(=O)[C@@H](C)CC(C)C)C(=O)N[C@@H](CCCCN)C(=O)C[C@@H](C)C(=O)N[C@@H](CCC(=O)O)C(=O)C[C@@H](C)C(=O)N[C@@H](C)C(=O)C[C@@H](C)C(=O)N[C@@H](CCCCNC(=O)c1ccc(-c2c3ccc(=O)cc-3oc3cc(O)ccc23)c(C(=O)O)c1)C(N)=O. The second-order valence-corrected chi connectivity index (χ2v) is 24.9. The molecule has 0 saturated carbocycles. The fourth-order valence-corrected chi connectivity index (χ4v) is 10.8. The van der Waals surface area contributed by atoms with Crippen LogP contribution in [0.4, 0.5) is 0 Å². The summed E-state index contributed by atoms with van der Waals surface area (Å²) in [5.41, 5.74) is 12.0. The summed E-state index contributed by atoms with van der Waals surface area (Å²) in [6, 6.07) is 7.77. The van der Waals surface area contributed by atoms with Crippen LogP contribution in [-0.4, -0.2) is 123 Å². The highest BCUT2D eigenvalue weighted by Gasteiger charge is 2.34. The standard InChI is InChI=1S/C67H91N7O17/c1-35(2)26-37(5)53(77)32-43(27-36(3)4)66(88)73-50(14-10-12-24-68)55(79)30-40(8)63(85)72-51(22-23-59(81)82)56(80)29-39(7)62(84)71-41(9)54(78)28-38(6)64(86)74-52(61(69)83)15-11-13-25-70-65(87)42-16-19-46(49(31-42)67(89)90)60-47-20-17-44(75)33-57(47)91-58-34-45(76)18-21-48(58)60/h16-21,31,33-41,43,50-52,75H,10-15,22-30,32,68H2,1-9H3,(H2,69,83)(H,70,87)(H,71,84)(H,72,85)(H,73,88)(H,74,86)(H,81,82)(H,89,90)/t37-,38+,39+,40+,41-,43+,50-,51-,52-/m0/s1. The summed E-state index contributed by atoms with van der Waals surface area (Å²) < 4.78 is 5.88. The van der Waals surface area contributed by atoms with E-state index in [1.54, 1.807) is 6.07 Å². The summed E-state index contributed by atoms with van der Waals surface area (Å²) in [5, 5.41) is 43.6. The van der Waals surface area contributed by atoms with Gasteiger partial charge in [-0.2, -0.15) is 0 Å². The van der Waals surface area contributed by atoms with Crippen molar-refractivity contribution in [3.8, 4) is 28.2 Å². The molecule has 2 aromatic rings. The Morgan fingerprint density at radius 1 is 0.549 bits per heavy atom. The summed E-state index contributed by atoms with van der Waals surface area (Å²) in [6.07, 6.45) is 0.905. The number of nitrogens with two attached hydrogens (primary N) is 2. The number of carbonyl (C=O) groups is 12. The van der Waals surface area contributed by atoms with E-state index in [1.807, 2.05) is 34.6 Å². The van der Waals surface area contributed by atoms with Crippen molar-refractivity contribution in [3.05, 3.63) is 75.9 Å². The Hall–Kier alpha value is -8.67. The molecule has 0 fully saturated rings. The summed E-state index contributed by atoms with van der Waals surface area (Å²) >= 11 is 0. The first-order valence-corrected chi connectivity index (χ1v) is 31.2. The minimum atomic E-state index is -1.38. The van der Waals surface area contributed by atoms with Crippen LogP contribution in [0.15, 0.2) is 63.8 Å². The third-order valence-electron chi connectivity index (χ3n) is 16.0. The number of unbranched alkanes of at least 4 members (excludes halogenated alkanes) is 2. The zero-order valence-electron chi connectivity index (χ0n) is 53.6. The number of ketones is 4. The highest BCUT2D eigenvalue weighted by molar-refractivity contribution is 6.09. The van der Waals surface area contributed by atoms with Crippen LogP contribution in [-0.2, 0) is 47.9 Å². The Bertz CT molecular complexity index is 3320. The zero-order valence-corrected chi connectivity index (χ0v) is 53.6. The number of aromatic carboxylic acids is 1. The minimum absolute atomic E-state index is 0.0161. The molecule has 1 aliphatic carbocycles. The fourth-order valence-electron chi connectivity index (χ4n) is 10.8. The van der Waals surface area contributed by atoms with Gasteiger partial charge in [-0.25, -0.2) is 4.79 Å². The smallest absolute Gasteiger partial charge is 0.336 e. The predicted molar refractivity (Wildman–Crippen MR) is 339 cm³/mol. The Balaban J connectivity index is 1.28. The molecule has 0 saturated heterocycles. The van der Waals surface area contributed by atoms with Crippen molar-refractivity contribution in [1.82, 2.24) is 26.6 Å². The van der Waals surface area contributed by atoms with Crippen LogP contribution in [0.1, 0.15) is 173 Å². The van der Waals surface area contributed by atoms with Crippen LogP contribution in [0.5, 0.6) is 5.75 Å².